The van der Waals surface area contributed by atoms with Gasteiger partial charge in [-0.1, -0.05) is 0 Å². The third-order valence-corrected chi connectivity index (χ3v) is 5.57. The average molecular weight is 439 g/mol. The Kier molecular flexibility index (Phi) is 4.84. The fourth-order valence-corrected chi connectivity index (χ4v) is 3.96. The van der Waals surface area contributed by atoms with Crippen LogP contribution in [0.15, 0.2) is 40.7 Å². The lowest BCUT2D eigenvalue weighted by molar-refractivity contribution is 0.0299. The Morgan fingerprint density at radius 1 is 1.23 bits per heavy atom. The molecule has 5 heterocycles. The fraction of sp³-hybridized carbons (Fsp3) is 0.211. The van der Waals surface area contributed by atoms with Crippen molar-refractivity contribution in [3.63, 3.8) is 0 Å². The van der Waals surface area contributed by atoms with Crippen molar-refractivity contribution in [2.75, 3.05) is 31.6 Å². The molecule has 4 aromatic rings. The van der Waals surface area contributed by atoms with Gasteiger partial charge in [-0.25, -0.2) is 15.0 Å². The smallest absolute Gasteiger partial charge is 0.284 e. The maximum absolute atomic E-state index is 12.6. The summed E-state index contributed by atoms with van der Waals surface area (Å²) in [5.74, 6) is -0.226. The molecule has 1 saturated heterocycles. The van der Waals surface area contributed by atoms with E-state index in [-0.39, 0.29) is 11.7 Å². The standard InChI is InChI=1S/C19H17N7O4S/c20-15(27)14-7-11(9-30-14)13-8-22-16(17-21-1-2-26(13)17)24-19-23-12(10-31-19)18(28)25-3-5-29-6-4-25/h1-2,7-10H,3-6H2,(H2,20,27)(H,22,23,24). The van der Waals surface area contributed by atoms with E-state index >= 15 is 0 Å². The zero-order valence-corrected chi connectivity index (χ0v) is 17.0. The van der Waals surface area contributed by atoms with Crippen molar-refractivity contribution in [3.8, 4) is 11.3 Å². The second-order valence-corrected chi connectivity index (χ2v) is 7.60. The molecule has 1 fully saturated rings. The molecule has 2 amide bonds. The third kappa shape index (κ3) is 3.62. The molecule has 11 nitrogen and oxygen atoms in total. The highest BCUT2D eigenvalue weighted by Crippen LogP contribution is 2.28. The van der Waals surface area contributed by atoms with Crippen LogP contribution in [0.1, 0.15) is 21.0 Å². The fourth-order valence-electron chi connectivity index (χ4n) is 3.28. The van der Waals surface area contributed by atoms with E-state index in [0.717, 1.165) is 0 Å². The van der Waals surface area contributed by atoms with Crippen molar-refractivity contribution in [2.24, 2.45) is 5.73 Å². The zero-order chi connectivity index (χ0) is 21.4. The van der Waals surface area contributed by atoms with Crippen LogP contribution < -0.4 is 11.1 Å². The van der Waals surface area contributed by atoms with Gasteiger partial charge in [0.1, 0.15) is 12.0 Å². The van der Waals surface area contributed by atoms with E-state index in [0.29, 0.717) is 59.9 Å². The van der Waals surface area contributed by atoms with Crippen molar-refractivity contribution in [2.45, 2.75) is 0 Å². The van der Waals surface area contributed by atoms with Crippen molar-refractivity contribution < 1.29 is 18.7 Å². The maximum atomic E-state index is 12.6. The van der Waals surface area contributed by atoms with Gasteiger partial charge in [-0.3, -0.25) is 14.0 Å². The highest BCUT2D eigenvalue weighted by Gasteiger charge is 2.21. The minimum Gasteiger partial charge on any atom is -0.458 e. The number of furan rings is 1. The quantitative estimate of drug-likeness (QED) is 0.479. The first-order valence-corrected chi connectivity index (χ1v) is 10.3. The van der Waals surface area contributed by atoms with E-state index < -0.39 is 5.91 Å². The number of nitrogens with one attached hydrogen (secondary N) is 1. The highest BCUT2D eigenvalue weighted by molar-refractivity contribution is 7.14. The molecule has 0 aromatic carbocycles. The molecule has 3 N–H and O–H groups in total. The highest BCUT2D eigenvalue weighted by atomic mass is 32.1. The van der Waals surface area contributed by atoms with Gasteiger partial charge in [-0.05, 0) is 6.07 Å². The van der Waals surface area contributed by atoms with Gasteiger partial charge in [0.05, 0.1) is 25.1 Å². The van der Waals surface area contributed by atoms with Crippen LogP contribution in [-0.2, 0) is 4.74 Å². The van der Waals surface area contributed by atoms with E-state index in [2.05, 4.69) is 20.3 Å². The van der Waals surface area contributed by atoms with Gasteiger partial charge in [-0.2, -0.15) is 0 Å². The lowest BCUT2D eigenvalue weighted by Crippen LogP contribution is -2.40. The molecule has 158 valence electrons. The minimum atomic E-state index is -0.648. The van der Waals surface area contributed by atoms with Crippen LogP contribution in [0.4, 0.5) is 10.9 Å². The lowest BCUT2D eigenvalue weighted by Gasteiger charge is -2.25. The number of hydrogen-bond donors (Lipinski definition) is 2. The predicted octanol–water partition coefficient (Wildman–Crippen LogP) is 1.76. The van der Waals surface area contributed by atoms with Gasteiger partial charge in [0.25, 0.3) is 11.8 Å². The molecule has 12 heteroatoms. The summed E-state index contributed by atoms with van der Waals surface area (Å²) < 4.78 is 12.3. The molecule has 0 unspecified atom stereocenters. The summed E-state index contributed by atoms with van der Waals surface area (Å²) in [4.78, 5) is 38.9. The number of morpholine rings is 1. The number of amides is 2. The number of carbonyl (C=O) groups is 2. The number of ether oxygens (including phenoxy) is 1. The molecule has 0 atom stereocenters. The number of anilines is 2. The van der Waals surface area contributed by atoms with Crippen molar-refractivity contribution in [3.05, 3.63) is 47.8 Å². The summed E-state index contributed by atoms with van der Waals surface area (Å²) in [6, 6.07) is 1.55. The van der Waals surface area contributed by atoms with E-state index in [1.54, 1.807) is 39.3 Å². The predicted molar refractivity (Wildman–Crippen MR) is 111 cm³/mol. The van der Waals surface area contributed by atoms with Gasteiger partial charge in [0.15, 0.2) is 22.4 Å². The molecule has 0 saturated carbocycles. The molecule has 0 radical (unpaired) electrons. The van der Waals surface area contributed by atoms with Crippen LogP contribution >= 0.6 is 11.3 Å². The Balaban J connectivity index is 1.40. The summed E-state index contributed by atoms with van der Waals surface area (Å²) >= 11 is 1.31. The lowest BCUT2D eigenvalue weighted by atomic mass is 10.2. The number of primary amides is 1. The summed E-state index contributed by atoms with van der Waals surface area (Å²) in [5.41, 5.74) is 7.51. The Morgan fingerprint density at radius 2 is 2.06 bits per heavy atom. The second-order valence-electron chi connectivity index (χ2n) is 6.74. The number of fused-ring (bicyclic) bond motifs is 1. The van der Waals surface area contributed by atoms with Gasteiger partial charge >= 0.3 is 0 Å². The van der Waals surface area contributed by atoms with Crippen LogP contribution in [-0.4, -0.2) is 62.4 Å². The summed E-state index contributed by atoms with van der Waals surface area (Å²) in [6.07, 6.45) is 6.47. The maximum Gasteiger partial charge on any atom is 0.284 e. The summed E-state index contributed by atoms with van der Waals surface area (Å²) in [7, 11) is 0. The third-order valence-electron chi connectivity index (χ3n) is 4.81. The molecule has 4 aromatic heterocycles. The SMILES string of the molecule is NC(=O)c1cc(-c2cnc(Nc3nc(C(=O)N4CCOCC4)cs3)c3nccn23)co1. The normalized spacial score (nSPS) is 14.1. The summed E-state index contributed by atoms with van der Waals surface area (Å²) in [6.45, 7) is 2.18. The Hall–Kier alpha value is -3.77. The molecule has 31 heavy (non-hydrogen) atoms. The van der Waals surface area contributed by atoms with Crippen molar-refractivity contribution in [1.29, 1.82) is 0 Å². The average Bonchev–Trinajstić information content (AvgIpc) is 3.54. The van der Waals surface area contributed by atoms with Gasteiger partial charge < -0.3 is 25.1 Å². The zero-order valence-electron chi connectivity index (χ0n) is 16.1. The number of aromatic nitrogens is 4. The van der Waals surface area contributed by atoms with Crippen molar-refractivity contribution in [1.82, 2.24) is 24.3 Å². The molecule has 0 bridgehead atoms. The van der Waals surface area contributed by atoms with Crippen LogP contribution in [0.5, 0.6) is 0 Å². The molecular weight excluding hydrogens is 422 g/mol. The van der Waals surface area contributed by atoms with Crippen LogP contribution in [0.2, 0.25) is 0 Å². The van der Waals surface area contributed by atoms with E-state index in [4.69, 9.17) is 14.9 Å². The van der Waals surface area contributed by atoms with E-state index in [1.165, 1.54) is 17.6 Å². The summed E-state index contributed by atoms with van der Waals surface area (Å²) in [5, 5.41) is 5.38. The number of carbonyl (C=O) groups excluding carboxylic acids is 2. The second kappa shape index (κ2) is 7.81. The Morgan fingerprint density at radius 3 is 2.84 bits per heavy atom. The van der Waals surface area contributed by atoms with Crippen LogP contribution in [0.25, 0.3) is 16.9 Å². The van der Waals surface area contributed by atoms with E-state index in [1.807, 2.05) is 0 Å². The van der Waals surface area contributed by atoms with Crippen molar-refractivity contribution >= 4 is 39.7 Å². The number of hydrogen-bond acceptors (Lipinski definition) is 9. The first-order chi connectivity index (χ1) is 15.1. The van der Waals surface area contributed by atoms with Gasteiger partial charge in [0, 0.05) is 36.4 Å². The topological polar surface area (TPSA) is 141 Å². The first kappa shape index (κ1) is 19.2. The largest absolute Gasteiger partial charge is 0.458 e. The molecule has 1 aliphatic rings. The molecular formula is C19H17N7O4S. The van der Waals surface area contributed by atoms with Crippen LogP contribution in [0, 0.1) is 0 Å². The van der Waals surface area contributed by atoms with Gasteiger partial charge in [0.2, 0.25) is 0 Å². The molecule has 5 rings (SSSR count). The van der Waals surface area contributed by atoms with Gasteiger partial charge in [-0.15, -0.1) is 11.3 Å². The number of thiazole rings is 1. The monoisotopic (exact) mass is 439 g/mol. The number of rotatable bonds is 5. The Bertz CT molecular complexity index is 1270. The van der Waals surface area contributed by atoms with E-state index in [9.17, 15) is 9.59 Å². The van der Waals surface area contributed by atoms with Crippen LogP contribution in [0.3, 0.4) is 0 Å². The Labute approximate surface area is 179 Å². The minimum absolute atomic E-state index is 0.0608. The molecule has 0 aliphatic carbocycles. The molecule has 0 spiro atoms. The number of imidazole rings is 1. The number of nitrogens with two attached hydrogens (primary N) is 1. The number of nitrogens with zero attached hydrogens (tertiary/aromatic N) is 5. The molecule has 1 aliphatic heterocycles. The first-order valence-electron chi connectivity index (χ1n) is 9.40.